The molecular weight excluding hydrogens is 438 g/mol. The van der Waals surface area contributed by atoms with E-state index in [0.29, 0.717) is 37.3 Å². The molecule has 1 atom stereocenters. The summed E-state index contributed by atoms with van der Waals surface area (Å²) in [5.41, 5.74) is 0.659. The molecule has 1 unspecified atom stereocenters. The maximum atomic E-state index is 13.2. The van der Waals surface area contributed by atoms with Crippen molar-refractivity contribution < 1.29 is 14.5 Å². The molecule has 0 spiro atoms. The molecule has 4 rings (SSSR count). The van der Waals surface area contributed by atoms with Crippen molar-refractivity contribution in [3.05, 3.63) is 71.0 Å². The fourth-order valence-corrected chi connectivity index (χ4v) is 3.59. The number of nitro groups is 1. The van der Waals surface area contributed by atoms with Gasteiger partial charge in [-0.1, -0.05) is 18.2 Å². The average molecular weight is 463 g/mol. The van der Waals surface area contributed by atoms with Crippen LogP contribution < -0.4 is 15.5 Å². The van der Waals surface area contributed by atoms with Crippen LogP contribution in [0.15, 0.2) is 60.9 Å². The molecule has 176 valence electrons. The standard InChI is InChI=1S/C23H25N7O4/c31-22(15-19-7-4-14-34-19)29(17-5-2-1-3-6-17)21-10-11-25-23(28-21)26-13-12-24-20-9-8-18(16-27-20)30(32)33/h1-3,5-6,8-11,16,19H,4,7,12-15H2,(H,24,27)(H,25,26,28). The number of anilines is 4. The fraction of sp³-hybridized carbons (Fsp3) is 0.304. The number of rotatable bonds is 10. The van der Waals surface area contributed by atoms with E-state index < -0.39 is 4.92 Å². The third-order valence-corrected chi connectivity index (χ3v) is 5.23. The first-order valence-corrected chi connectivity index (χ1v) is 11.0. The Labute approximate surface area is 196 Å². The van der Waals surface area contributed by atoms with Gasteiger partial charge in [-0.3, -0.25) is 19.8 Å². The Morgan fingerprint density at radius 1 is 1.12 bits per heavy atom. The number of hydrogen-bond donors (Lipinski definition) is 2. The molecule has 1 fully saturated rings. The highest BCUT2D eigenvalue weighted by Crippen LogP contribution is 2.27. The molecule has 2 aromatic heterocycles. The molecule has 2 N–H and O–H groups in total. The zero-order valence-corrected chi connectivity index (χ0v) is 18.5. The van der Waals surface area contributed by atoms with Crippen LogP contribution in [0.25, 0.3) is 0 Å². The van der Waals surface area contributed by atoms with Crippen molar-refractivity contribution in [1.29, 1.82) is 0 Å². The number of para-hydroxylation sites is 1. The van der Waals surface area contributed by atoms with Crippen LogP contribution in [0.5, 0.6) is 0 Å². The number of aromatic nitrogens is 3. The van der Waals surface area contributed by atoms with Crippen molar-refractivity contribution in [3.63, 3.8) is 0 Å². The quantitative estimate of drug-likeness (QED) is 0.263. The van der Waals surface area contributed by atoms with Crippen LogP contribution in [-0.2, 0) is 9.53 Å². The van der Waals surface area contributed by atoms with Crippen LogP contribution in [-0.4, -0.2) is 51.6 Å². The summed E-state index contributed by atoms with van der Waals surface area (Å²) in [4.78, 5) is 37.8. The van der Waals surface area contributed by atoms with Crippen molar-refractivity contribution >= 4 is 34.9 Å². The van der Waals surface area contributed by atoms with Gasteiger partial charge in [0, 0.05) is 38.0 Å². The van der Waals surface area contributed by atoms with Gasteiger partial charge in [0.25, 0.3) is 5.69 Å². The van der Waals surface area contributed by atoms with Gasteiger partial charge in [0.1, 0.15) is 17.8 Å². The highest BCUT2D eigenvalue weighted by Gasteiger charge is 2.25. The zero-order chi connectivity index (χ0) is 23.8. The van der Waals surface area contributed by atoms with Gasteiger partial charge >= 0.3 is 0 Å². The first-order chi connectivity index (χ1) is 16.6. The zero-order valence-electron chi connectivity index (χ0n) is 18.5. The Hall–Kier alpha value is -4.12. The number of hydrogen-bond acceptors (Lipinski definition) is 9. The van der Waals surface area contributed by atoms with Gasteiger partial charge in [-0.05, 0) is 31.0 Å². The number of amides is 1. The van der Waals surface area contributed by atoms with Gasteiger partial charge in [-0.25, -0.2) is 9.97 Å². The number of nitrogens with one attached hydrogen (secondary N) is 2. The number of carbonyl (C=O) groups is 1. The van der Waals surface area contributed by atoms with E-state index >= 15 is 0 Å². The van der Waals surface area contributed by atoms with Gasteiger partial charge in [0.05, 0.1) is 23.1 Å². The average Bonchev–Trinajstić information content (AvgIpc) is 3.36. The van der Waals surface area contributed by atoms with Crippen LogP contribution in [0.3, 0.4) is 0 Å². The first kappa shape index (κ1) is 23.1. The second-order valence-corrected chi connectivity index (χ2v) is 7.65. The maximum Gasteiger partial charge on any atom is 0.287 e. The third-order valence-electron chi connectivity index (χ3n) is 5.23. The molecule has 11 nitrogen and oxygen atoms in total. The molecule has 0 radical (unpaired) electrons. The smallest absolute Gasteiger partial charge is 0.287 e. The summed E-state index contributed by atoms with van der Waals surface area (Å²) in [6, 6.07) is 14.0. The van der Waals surface area contributed by atoms with E-state index in [4.69, 9.17) is 4.74 Å². The van der Waals surface area contributed by atoms with E-state index in [1.165, 1.54) is 12.3 Å². The minimum Gasteiger partial charge on any atom is -0.378 e. The monoisotopic (exact) mass is 463 g/mol. The summed E-state index contributed by atoms with van der Waals surface area (Å²) in [5.74, 6) is 1.28. The molecule has 1 aliphatic heterocycles. The molecule has 1 aromatic carbocycles. The molecular formula is C23H25N7O4. The molecule has 1 amide bonds. The van der Waals surface area contributed by atoms with E-state index in [2.05, 4.69) is 25.6 Å². The Morgan fingerprint density at radius 2 is 1.94 bits per heavy atom. The number of carbonyl (C=O) groups excluding carboxylic acids is 1. The van der Waals surface area contributed by atoms with Crippen LogP contribution in [0.2, 0.25) is 0 Å². The highest BCUT2D eigenvalue weighted by molar-refractivity contribution is 5.99. The van der Waals surface area contributed by atoms with E-state index in [-0.39, 0.29) is 24.1 Å². The second kappa shape index (κ2) is 11.1. The largest absolute Gasteiger partial charge is 0.378 e. The third kappa shape index (κ3) is 6.01. The molecule has 0 aliphatic carbocycles. The lowest BCUT2D eigenvalue weighted by Crippen LogP contribution is -2.30. The lowest BCUT2D eigenvalue weighted by Gasteiger charge is -2.23. The van der Waals surface area contributed by atoms with Crippen LogP contribution in [0, 0.1) is 10.1 Å². The van der Waals surface area contributed by atoms with Crippen molar-refractivity contribution in [2.45, 2.75) is 25.4 Å². The maximum absolute atomic E-state index is 13.2. The Balaban J connectivity index is 1.40. The van der Waals surface area contributed by atoms with E-state index in [9.17, 15) is 14.9 Å². The molecule has 1 saturated heterocycles. The molecule has 3 aromatic rings. The predicted molar refractivity (Wildman–Crippen MR) is 127 cm³/mol. The number of ether oxygens (including phenoxy) is 1. The number of nitrogens with zero attached hydrogens (tertiary/aromatic N) is 5. The number of pyridine rings is 1. The van der Waals surface area contributed by atoms with Crippen molar-refractivity contribution in [1.82, 2.24) is 15.0 Å². The summed E-state index contributed by atoms with van der Waals surface area (Å²) in [6.07, 6.45) is 4.86. The Kier molecular flexibility index (Phi) is 7.56. The van der Waals surface area contributed by atoms with Gasteiger partial charge in [-0.15, -0.1) is 0 Å². The molecule has 0 saturated carbocycles. The van der Waals surface area contributed by atoms with Gasteiger partial charge in [-0.2, -0.15) is 4.98 Å². The SMILES string of the molecule is O=C(CC1CCCO1)N(c1ccccc1)c1ccnc(NCCNc2ccc([N+](=O)[O-])cn2)n1. The summed E-state index contributed by atoms with van der Waals surface area (Å²) < 4.78 is 5.65. The topological polar surface area (TPSA) is 135 Å². The van der Waals surface area contributed by atoms with Crippen molar-refractivity contribution in [2.75, 3.05) is 35.2 Å². The van der Waals surface area contributed by atoms with Gasteiger partial charge in [0.15, 0.2) is 0 Å². The highest BCUT2D eigenvalue weighted by atomic mass is 16.6. The summed E-state index contributed by atoms with van der Waals surface area (Å²) in [7, 11) is 0. The Morgan fingerprint density at radius 3 is 2.65 bits per heavy atom. The van der Waals surface area contributed by atoms with Crippen LogP contribution in [0.4, 0.5) is 29.0 Å². The number of benzene rings is 1. The first-order valence-electron chi connectivity index (χ1n) is 11.0. The van der Waals surface area contributed by atoms with Crippen molar-refractivity contribution in [3.8, 4) is 0 Å². The van der Waals surface area contributed by atoms with E-state index in [0.717, 1.165) is 18.5 Å². The van der Waals surface area contributed by atoms with Crippen LogP contribution in [0.1, 0.15) is 19.3 Å². The Bertz CT molecular complexity index is 1110. The van der Waals surface area contributed by atoms with Crippen LogP contribution >= 0.6 is 0 Å². The molecule has 3 heterocycles. The predicted octanol–water partition coefficient (Wildman–Crippen LogP) is 3.54. The summed E-state index contributed by atoms with van der Waals surface area (Å²) in [5, 5.41) is 16.9. The van der Waals surface area contributed by atoms with E-state index in [1.807, 2.05) is 30.3 Å². The fourth-order valence-electron chi connectivity index (χ4n) is 3.59. The summed E-state index contributed by atoms with van der Waals surface area (Å²) in [6.45, 7) is 1.64. The van der Waals surface area contributed by atoms with Gasteiger partial charge < -0.3 is 15.4 Å². The van der Waals surface area contributed by atoms with Gasteiger partial charge in [0.2, 0.25) is 11.9 Å². The molecule has 34 heavy (non-hydrogen) atoms. The molecule has 11 heteroatoms. The summed E-state index contributed by atoms with van der Waals surface area (Å²) >= 11 is 0. The molecule has 0 bridgehead atoms. The lowest BCUT2D eigenvalue weighted by atomic mass is 10.1. The second-order valence-electron chi connectivity index (χ2n) is 7.65. The van der Waals surface area contributed by atoms with E-state index in [1.54, 1.807) is 23.2 Å². The van der Waals surface area contributed by atoms with Crippen molar-refractivity contribution in [2.24, 2.45) is 0 Å². The molecule has 1 aliphatic rings. The minimum absolute atomic E-state index is 0.0640. The lowest BCUT2D eigenvalue weighted by molar-refractivity contribution is -0.385. The normalized spacial score (nSPS) is 15.0. The minimum atomic E-state index is -0.493.